The van der Waals surface area contributed by atoms with E-state index in [0.29, 0.717) is 17.9 Å². The highest BCUT2D eigenvalue weighted by Gasteiger charge is 2.12. The molecule has 7 nitrogen and oxygen atoms in total. The van der Waals surface area contributed by atoms with Crippen LogP contribution >= 0.6 is 0 Å². The molecule has 27 heavy (non-hydrogen) atoms. The summed E-state index contributed by atoms with van der Waals surface area (Å²) in [7, 11) is 0. The maximum Gasteiger partial charge on any atom is 0.338 e. The summed E-state index contributed by atoms with van der Waals surface area (Å²) in [5, 5.41) is 0. The zero-order chi connectivity index (χ0) is 19.6. The highest BCUT2D eigenvalue weighted by atomic mass is 19.1. The number of halogens is 1. The summed E-state index contributed by atoms with van der Waals surface area (Å²) >= 11 is 0. The first-order valence-electron chi connectivity index (χ1n) is 8.25. The molecule has 2 aromatic carbocycles. The second-order valence-electron chi connectivity index (χ2n) is 5.43. The van der Waals surface area contributed by atoms with Gasteiger partial charge in [-0.05, 0) is 42.8 Å². The van der Waals surface area contributed by atoms with E-state index in [4.69, 9.17) is 9.47 Å². The van der Waals surface area contributed by atoms with E-state index in [9.17, 15) is 18.8 Å². The average molecular weight is 374 g/mol. The Bertz CT molecular complexity index is 808. The molecule has 0 aliphatic heterocycles. The van der Waals surface area contributed by atoms with Crippen LogP contribution < -0.4 is 15.6 Å². The Morgan fingerprint density at radius 1 is 1.00 bits per heavy atom. The van der Waals surface area contributed by atoms with Crippen LogP contribution in [-0.2, 0) is 9.53 Å². The first-order valence-corrected chi connectivity index (χ1v) is 8.25. The van der Waals surface area contributed by atoms with Gasteiger partial charge < -0.3 is 9.47 Å². The minimum Gasteiger partial charge on any atom is -0.484 e. The fourth-order valence-corrected chi connectivity index (χ4v) is 1.99. The van der Waals surface area contributed by atoms with Crippen molar-refractivity contribution in [2.45, 2.75) is 13.3 Å². The van der Waals surface area contributed by atoms with E-state index >= 15 is 0 Å². The summed E-state index contributed by atoms with van der Waals surface area (Å²) in [5.41, 5.74) is 4.41. The van der Waals surface area contributed by atoms with Crippen LogP contribution in [0.25, 0.3) is 0 Å². The van der Waals surface area contributed by atoms with Gasteiger partial charge in [-0.15, -0.1) is 0 Å². The maximum atomic E-state index is 13.5. The number of ether oxygens (including phenoxy) is 2. The van der Waals surface area contributed by atoms with E-state index in [1.165, 1.54) is 42.5 Å². The molecule has 0 aliphatic carbocycles. The van der Waals surface area contributed by atoms with Gasteiger partial charge in [0.1, 0.15) is 11.6 Å². The number of carbonyl (C=O) groups excluding carboxylic acids is 3. The first-order chi connectivity index (χ1) is 13.0. The van der Waals surface area contributed by atoms with Crippen molar-refractivity contribution in [2.75, 3.05) is 13.2 Å². The molecule has 0 radical (unpaired) electrons. The normalized spacial score (nSPS) is 10.0. The van der Waals surface area contributed by atoms with Crippen LogP contribution in [0.3, 0.4) is 0 Å². The molecule has 0 spiro atoms. The molecule has 0 saturated heterocycles. The highest BCUT2D eigenvalue weighted by molar-refractivity contribution is 5.95. The van der Waals surface area contributed by atoms with Crippen molar-refractivity contribution in [1.82, 2.24) is 10.9 Å². The fourth-order valence-electron chi connectivity index (χ4n) is 1.99. The monoisotopic (exact) mass is 374 g/mol. The number of hydrogen-bond donors (Lipinski definition) is 2. The van der Waals surface area contributed by atoms with Gasteiger partial charge in [-0.2, -0.15) is 0 Å². The van der Waals surface area contributed by atoms with Crippen LogP contribution in [0.1, 0.15) is 34.1 Å². The molecule has 0 fully saturated rings. The smallest absolute Gasteiger partial charge is 0.338 e. The molecule has 0 atom stereocenters. The second-order valence-corrected chi connectivity index (χ2v) is 5.43. The molecule has 0 saturated carbocycles. The summed E-state index contributed by atoms with van der Waals surface area (Å²) in [6, 6.07) is 11.5. The molecule has 2 rings (SSSR count). The molecule has 2 N–H and O–H groups in total. The van der Waals surface area contributed by atoms with Crippen LogP contribution in [0.15, 0.2) is 48.5 Å². The Morgan fingerprint density at radius 3 is 2.37 bits per heavy atom. The van der Waals surface area contributed by atoms with E-state index in [0.717, 1.165) is 12.5 Å². The lowest BCUT2D eigenvalue weighted by Crippen LogP contribution is -2.44. The highest BCUT2D eigenvalue weighted by Crippen LogP contribution is 2.13. The summed E-state index contributed by atoms with van der Waals surface area (Å²) in [4.78, 5) is 35.2. The second kappa shape index (κ2) is 9.91. The van der Waals surface area contributed by atoms with E-state index < -0.39 is 23.6 Å². The molecule has 0 aliphatic rings. The first kappa shape index (κ1) is 19.9. The summed E-state index contributed by atoms with van der Waals surface area (Å²) in [6.07, 6.45) is 0.732. The average Bonchev–Trinajstić information content (AvgIpc) is 2.69. The van der Waals surface area contributed by atoms with E-state index in [1.54, 1.807) is 0 Å². The lowest BCUT2D eigenvalue weighted by Gasteiger charge is -2.09. The van der Waals surface area contributed by atoms with Gasteiger partial charge in [0.05, 0.1) is 17.7 Å². The van der Waals surface area contributed by atoms with Crippen LogP contribution in [0.5, 0.6) is 5.75 Å². The number of rotatable bonds is 7. The Kier molecular flexibility index (Phi) is 7.30. The fraction of sp³-hybridized carbons (Fsp3) is 0.211. The van der Waals surface area contributed by atoms with Crippen LogP contribution in [0, 0.1) is 5.82 Å². The molecule has 2 aromatic rings. The van der Waals surface area contributed by atoms with E-state index in [2.05, 4.69) is 10.9 Å². The lowest BCUT2D eigenvalue weighted by molar-refractivity contribution is -0.123. The van der Waals surface area contributed by atoms with Crippen molar-refractivity contribution in [3.05, 3.63) is 65.5 Å². The van der Waals surface area contributed by atoms with Gasteiger partial charge in [0, 0.05) is 0 Å². The minimum atomic E-state index is -0.781. The van der Waals surface area contributed by atoms with Gasteiger partial charge in [0.2, 0.25) is 0 Å². The maximum absolute atomic E-state index is 13.5. The van der Waals surface area contributed by atoms with Crippen molar-refractivity contribution in [3.8, 4) is 5.75 Å². The van der Waals surface area contributed by atoms with Gasteiger partial charge in [-0.25, -0.2) is 9.18 Å². The standard InChI is InChI=1S/C19H19FN2O5/c1-2-11-26-19(25)13-7-9-14(10-8-13)27-12-17(23)21-22-18(24)15-5-3-4-6-16(15)20/h3-10H,2,11-12H2,1H3,(H,21,23)(H,22,24). The SMILES string of the molecule is CCCOC(=O)c1ccc(OCC(=O)NNC(=O)c2ccccc2F)cc1. The number of carbonyl (C=O) groups is 3. The van der Waals surface area contributed by atoms with E-state index in [-0.39, 0.29) is 12.2 Å². The topological polar surface area (TPSA) is 93.7 Å². The third kappa shape index (κ3) is 6.10. The molecular weight excluding hydrogens is 355 g/mol. The predicted octanol–water partition coefficient (Wildman–Crippen LogP) is 2.23. The van der Waals surface area contributed by atoms with Gasteiger partial charge in [0.25, 0.3) is 11.8 Å². The predicted molar refractivity (Wildman–Crippen MR) is 94.5 cm³/mol. The third-order valence-corrected chi connectivity index (χ3v) is 3.33. The molecule has 0 aromatic heterocycles. The van der Waals surface area contributed by atoms with E-state index in [1.807, 2.05) is 6.92 Å². The zero-order valence-corrected chi connectivity index (χ0v) is 14.7. The van der Waals surface area contributed by atoms with Crippen molar-refractivity contribution >= 4 is 17.8 Å². The van der Waals surface area contributed by atoms with Gasteiger partial charge in [-0.3, -0.25) is 20.4 Å². The summed E-state index contributed by atoms with van der Waals surface area (Å²) in [5.74, 6) is -2.19. The summed E-state index contributed by atoms with van der Waals surface area (Å²) in [6.45, 7) is 1.86. The van der Waals surface area contributed by atoms with Crippen molar-refractivity contribution in [1.29, 1.82) is 0 Å². The van der Waals surface area contributed by atoms with Crippen LogP contribution in [-0.4, -0.2) is 31.0 Å². The Hall–Kier alpha value is -3.42. The number of hydrogen-bond acceptors (Lipinski definition) is 5. The van der Waals surface area contributed by atoms with Gasteiger partial charge in [0.15, 0.2) is 6.61 Å². The zero-order valence-electron chi connectivity index (χ0n) is 14.7. The number of nitrogens with one attached hydrogen (secondary N) is 2. The van der Waals surface area contributed by atoms with Crippen molar-refractivity contribution < 1.29 is 28.2 Å². The van der Waals surface area contributed by atoms with Gasteiger partial charge in [-0.1, -0.05) is 19.1 Å². The lowest BCUT2D eigenvalue weighted by atomic mass is 10.2. The van der Waals surface area contributed by atoms with Crippen LogP contribution in [0.2, 0.25) is 0 Å². The molecule has 8 heteroatoms. The Balaban J connectivity index is 1.77. The Morgan fingerprint density at radius 2 is 1.70 bits per heavy atom. The minimum absolute atomic E-state index is 0.190. The number of benzene rings is 2. The van der Waals surface area contributed by atoms with Crippen molar-refractivity contribution in [2.24, 2.45) is 0 Å². The molecular formula is C19H19FN2O5. The molecule has 142 valence electrons. The molecule has 2 amide bonds. The molecule has 0 bridgehead atoms. The quantitative estimate of drug-likeness (QED) is 0.573. The number of hydrazine groups is 1. The van der Waals surface area contributed by atoms with Crippen molar-refractivity contribution in [3.63, 3.8) is 0 Å². The third-order valence-electron chi connectivity index (χ3n) is 3.33. The largest absolute Gasteiger partial charge is 0.484 e. The Labute approximate surface area is 155 Å². The van der Waals surface area contributed by atoms with Crippen LogP contribution in [0.4, 0.5) is 4.39 Å². The van der Waals surface area contributed by atoms with Gasteiger partial charge >= 0.3 is 5.97 Å². The summed E-state index contributed by atoms with van der Waals surface area (Å²) < 4.78 is 23.7. The number of amides is 2. The molecule has 0 unspecified atom stereocenters. The molecule has 0 heterocycles. The number of esters is 1.